The van der Waals surface area contributed by atoms with E-state index in [1.54, 1.807) is 0 Å². The minimum atomic E-state index is -4.66. The van der Waals surface area contributed by atoms with Crippen LogP contribution in [0.2, 0.25) is 0 Å². The van der Waals surface area contributed by atoms with E-state index < -0.39 is 23.3 Å². The highest BCUT2D eigenvalue weighted by Gasteiger charge is 2.35. The number of benzene rings is 1. The summed E-state index contributed by atoms with van der Waals surface area (Å²) in [6, 6.07) is 3.25. The third kappa shape index (κ3) is 3.65. The summed E-state index contributed by atoms with van der Waals surface area (Å²) >= 11 is 0. The Hall–Kier alpha value is -1.72. The van der Waals surface area contributed by atoms with Crippen LogP contribution in [0.3, 0.4) is 0 Å². The van der Waals surface area contributed by atoms with E-state index in [1.807, 2.05) is 6.92 Å². The molecule has 2 rings (SSSR count). The second kappa shape index (κ2) is 5.34. The number of rotatable bonds is 5. The van der Waals surface area contributed by atoms with Gasteiger partial charge in [-0.2, -0.15) is 13.2 Å². The summed E-state index contributed by atoms with van der Waals surface area (Å²) in [7, 11) is 0. The molecule has 0 heterocycles. The molecule has 1 aromatic rings. The maximum absolute atomic E-state index is 12.7. The van der Waals surface area contributed by atoms with Gasteiger partial charge in [-0.1, -0.05) is 12.8 Å². The van der Waals surface area contributed by atoms with Crippen molar-refractivity contribution in [2.24, 2.45) is 5.92 Å². The Morgan fingerprint density at radius 2 is 2.10 bits per heavy atom. The summed E-state index contributed by atoms with van der Waals surface area (Å²) < 4.78 is 38.1. The van der Waals surface area contributed by atoms with E-state index in [0.29, 0.717) is 11.6 Å². The van der Waals surface area contributed by atoms with Gasteiger partial charge in [0.25, 0.3) is 0 Å². The minimum Gasteiger partial charge on any atom is -0.478 e. The summed E-state index contributed by atoms with van der Waals surface area (Å²) in [5, 5.41) is 12.0. The molecular formula is C14H16F3NO2. The van der Waals surface area contributed by atoms with Gasteiger partial charge in [0.1, 0.15) is 0 Å². The molecule has 6 heteroatoms. The van der Waals surface area contributed by atoms with Crippen LogP contribution >= 0.6 is 0 Å². The Morgan fingerprint density at radius 1 is 1.45 bits per heavy atom. The fourth-order valence-corrected chi connectivity index (χ4v) is 2.26. The molecule has 110 valence electrons. The van der Waals surface area contributed by atoms with Gasteiger partial charge in [-0.3, -0.25) is 0 Å². The lowest BCUT2D eigenvalue weighted by molar-refractivity contribution is -0.138. The number of halogens is 3. The smallest absolute Gasteiger partial charge is 0.417 e. The van der Waals surface area contributed by atoms with Gasteiger partial charge in [-0.05, 0) is 37.5 Å². The van der Waals surface area contributed by atoms with Gasteiger partial charge in [0.2, 0.25) is 0 Å². The molecule has 0 saturated heterocycles. The molecule has 0 aromatic heterocycles. The number of carbonyl (C=O) groups is 1. The molecule has 1 aliphatic rings. The molecule has 3 nitrogen and oxygen atoms in total. The van der Waals surface area contributed by atoms with E-state index in [2.05, 4.69) is 5.32 Å². The Kier molecular flexibility index (Phi) is 3.92. The summed E-state index contributed by atoms with van der Waals surface area (Å²) in [6.45, 7) is 1.94. The van der Waals surface area contributed by atoms with Gasteiger partial charge in [-0.25, -0.2) is 4.79 Å². The largest absolute Gasteiger partial charge is 0.478 e. The van der Waals surface area contributed by atoms with Crippen LogP contribution in [0.25, 0.3) is 0 Å². The summed E-state index contributed by atoms with van der Waals surface area (Å²) in [5.41, 5.74) is -1.44. The highest BCUT2D eigenvalue weighted by atomic mass is 19.4. The fourth-order valence-electron chi connectivity index (χ4n) is 2.26. The topological polar surface area (TPSA) is 49.3 Å². The van der Waals surface area contributed by atoms with Crippen LogP contribution in [-0.2, 0) is 6.18 Å². The van der Waals surface area contributed by atoms with E-state index in [-0.39, 0.29) is 6.04 Å². The average molecular weight is 287 g/mol. The molecule has 0 spiro atoms. The zero-order valence-electron chi connectivity index (χ0n) is 11.0. The summed E-state index contributed by atoms with van der Waals surface area (Å²) in [4.78, 5) is 11.0. The van der Waals surface area contributed by atoms with E-state index in [4.69, 9.17) is 5.11 Å². The predicted octanol–water partition coefficient (Wildman–Crippen LogP) is 4.00. The van der Waals surface area contributed by atoms with Crippen LogP contribution in [0.4, 0.5) is 18.9 Å². The number of hydrogen-bond donors (Lipinski definition) is 2. The highest BCUT2D eigenvalue weighted by Crippen LogP contribution is 2.35. The first-order valence-electron chi connectivity index (χ1n) is 6.48. The van der Waals surface area contributed by atoms with Crippen LogP contribution in [-0.4, -0.2) is 17.1 Å². The van der Waals surface area contributed by atoms with E-state index in [9.17, 15) is 18.0 Å². The zero-order chi connectivity index (χ0) is 14.9. The molecule has 2 N–H and O–H groups in total. The second-order valence-corrected chi connectivity index (χ2v) is 5.29. The predicted molar refractivity (Wildman–Crippen MR) is 68.8 cm³/mol. The van der Waals surface area contributed by atoms with Crippen LogP contribution in [0.15, 0.2) is 18.2 Å². The number of carboxylic acids is 1. The lowest BCUT2D eigenvalue weighted by Crippen LogP contribution is -2.18. The molecule has 1 unspecified atom stereocenters. The normalized spacial score (nSPS) is 16.8. The molecular weight excluding hydrogens is 271 g/mol. The molecule has 20 heavy (non-hydrogen) atoms. The van der Waals surface area contributed by atoms with Crippen molar-refractivity contribution in [2.75, 3.05) is 5.32 Å². The lowest BCUT2D eigenvalue weighted by Gasteiger charge is -2.17. The van der Waals surface area contributed by atoms with Crippen molar-refractivity contribution >= 4 is 11.7 Å². The first-order chi connectivity index (χ1) is 9.27. The van der Waals surface area contributed by atoms with Crippen LogP contribution in [0, 0.1) is 5.92 Å². The van der Waals surface area contributed by atoms with E-state index >= 15 is 0 Å². The number of anilines is 1. The third-order valence-electron chi connectivity index (χ3n) is 3.35. The molecule has 0 aliphatic heterocycles. The van der Waals surface area contributed by atoms with Crippen molar-refractivity contribution in [1.29, 1.82) is 0 Å². The van der Waals surface area contributed by atoms with E-state index in [0.717, 1.165) is 18.6 Å². The number of alkyl halides is 3. The number of aromatic carboxylic acids is 1. The van der Waals surface area contributed by atoms with Crippen molar-refractivity contribution in [3.05, 3.63) is 29.3 Å². The molecule has 1 atom stereocenters. The van der Waals surface area contributed by atoms with Crippen LogP contribution < -0.4 is 5.32 Å². The maximum Gasteiger partial charge on any atom is 0.417 e. The Balaban J connectivity index is 2.18. The molecule has 0 amide bonds. The van der Waals surface area contributed by atoms with E-state index in [1.165, 1.54) is 18.9 Å². The average Bonchev–Trinajstić information content (AvgIpc) is 3.11. The first-order valence-corrected chi connectivity index (χ1v) is 6.48. The van der Waals surface area contributed by atoms with Crippen LogP contribution in [0.1, 0.15) is 42.1 Å². The monoisotopic (exact) mass is 287 g/mol. The van der Waals surface area contributed by atoms with Crippen molar-refractivity contribution in [3.63, 3.8) is 0 Å². The molecule has 1 fully saturated rings. The number of hydrogen-bond acceptors (Lipinski definition) is 2. The standard InChI is InChI=1S/C14H16F3NO2/c1-8(6-9-2-3-9)18-10-4-5-12(14(15,16)17)11(7-10)13(19)20/h4-5,7-9,18H,2-3,6H2,1H3,(H,19,20). The van der Waals surface area contributed by atoms with Gasteiger partial charge in [0.15, 0.2) is 0 Å². The van der Waals surface area contributed by atoms with Crippen molar-refractivity contribution < 1.29 is 23.1 Å². The quantitative estimate of drug-likeness (QED) is 0.860. The SMILES string of the molecule is CC(CC1CC1)Nc1ccc(C(F)(F)F)c(C(=O)O)c1. The summed E-state index contributed by atoms with van der Waals surface area (Å²) in [6.07, 6.45) is -1.33. The molecule has 0 bridgehead atoms. The highest BCUT2D eigenvalue weighted by molar-refractivity contribution is 5.91. The Labute approximate surface area is 114 Å². The Morgan fingerprint density at radius 3 is 2.60 bits per heavy atom. The fraction of sp³-hybridized carbons (Fsp3) is 0.500. The third-order valence-corrected chi connectivity index (χ3v) is 3.35. The number of nitrogens with one attached hydrogen (secondary N) is 1. The van der Waals surface area contributed by atoms with Crippen molar-refractivity contribution in [3.8, 4) is 0 Å². The number of carboxylic acid groups (broad SMARTS) is 1. The molecule has 1 saturated carbocycles. The van der Waals surface area contributed by atoms with Gasteiger partial charge in [0.05, 0.1) is 11.1 Å². The van der Waals surface area contributed by atoms with Gasteiger partial charge in [0, 0.05) is 11.7 Å². The minimum absolute atomic E-state index is 0.112. The van der Waals surface area contributed by atoms with Crippen LogP contribution in [0.5, 0.6) is 0 Å². The second-order valence-electron chi connectivity index (χ2n) is 5.29. The van der Waals surface area contributed by atoms with Crippen molar-refractivity contribution in [1.82, 2.24) is 0 Å². The molecule has 1 aliphatic carbocycles. The molecule has 1 aromatic carbocycles. The maximum atomic E-state index is 12.7. The summed E-state index contributed by atoms with van der Waals surface area (Å²) in [5.74, 6) is -0.887. The van der Waals surface area contributed by atoms with Gasteiger partial charge < -0.3 is 10.4 Å². The lowest BCUT2D eigenvalue weighted by atomic mass is 10.1. The Bertz CT molecular complexity index is 510. The van der Waals surface area contributed by atoms with Crippen molar-refractivity contribution in [2.45, 2.75) is 38.4 Å². The molecule has 0 radical (unpaired) electrons. The van der Waals surface area contributed by atoms with Gasteiger partial charge >= 0.3 is 12.1 Å². The van der Waals surface area contributed by atoms with Gasteiger partial charge in [-0.15, -0.1) is 0 Å². The zero-order valence-corrected chi connectivity index (χ0v) is 11.0. The first kappa shape index (κ1) is 14.7.